The van der Waals surface area contributed by atoms with Crippen LogP contribution >= 0.6 is 0 Å². The van der Waals surface area contributed by atoms with E-state index in [1.165, 1.54) is 24.3 Å². The van der Waals surface area contributed by atoms with Crippen molar-refractivity contribution in [1.29, 1.82) is 0 Å². The second kappa shape index (κ2) is 5.81. The minimum absolute atomic E-state index is 0.00686. The molecule has 3 aromatic rings. The smallest absolute Gasteiger partial charge is 0.278 e. The molecular formula is C16H7F6N3. The monoisotopic (exact) mass is 355 g/mol. The lowest BCUT2D eigenvalue weighted by atomic mass is 10.1. The number of halogens is 6. The van der Waals surface area contributed by atoms with Gasteiger partial charge in [-0.2, -0.15) is 26.3 Å². The quantitative estimate of drug-likeness (QED) is 0.448. The highest BCUT2D eigenvalue weighted by molar-refractivity contribution is 5.47. The Morgan fingerprint density at radius 2 is 1.32 bits per heavy atom. The first-order valence-electron chi connectivity index (χ1n) is 6.76. The van der Waals surface area contributed by atoms with Crippen LogP contribution in [0.1, 0.15) is 22.5 Å². The van der Waals surface area contributed by atoms with Crippen molar-refractivity contribution >= 4 is 5.65 Å². The van der Waals surface area contributed by atoms with E-state index in [0.717, 1.165) is 22.7 Å². The Morgan fingerprint density at radius 3 is 1.92 bits per heavy atom. The van der Waals surface area contributed by atoms with Crippen molar-refractivity contribution in [2.24, 2.45) is 0 Å². The predicted molar refractivity (Wildman–Crippen MR) is 75.4 cm³/mol. The summed E-state index contributed by atoms with van der Waals surface area (Å²) >= 11 is 0. The van der Waals surface area contributed by atoms with Crippen LogP contribution in [0.3, 0.4) is 0 Å². The predicted octanol–water partition coefficient (Wildman–Crippen LogP) is 4.17. The number of hydrogen-bond donors (Lipinski definition) is 0. The molecule has 3 rings (SSSR count). The van der Waals surface area contributed by atoms with Crippen molar-refractivity contribution in [2.45, 2.75) is 12.4 Å². The first-order valence-corrected chi connectivity index (χ1v) is 6.76. The fourth-order valence-electron chi connectivity index (χ4n) is 2.04. The second-order valence-corrected chi connectivity index (χ2v) is 4.99. The number of alkyl halides is 6. The summed E-state index contributed by atoms with van der Waals surface area (Å²) in [6.45, 7) is 0. The zero-order chi connectivity index (χ0) is 18.2. The molecule has 25 heavy (non-hydrogen) atoms. The lowest BCUT2D eigenvalue weighted by molar-refractivity contribution is -0.145. The third kappa shape index (κ3) is 3.57. The molecular weight excluding hydrogens is 348 g/mol. The lowest BCUT2D eigenvalue weighted by Crippen LogP contribution is -2.10. The van der Waals surface area contributed by atoms with Gasteiger partial charge in [-0.1, -0.05) is 11.8 Å². The number of benzene rings is 1. The van der Waals surface area contributed by atoms with Crippen LogP contribution in [0.4, 0.5) is 26.3 Å². The number of fused-ring (bicyclic) bond motifs is 1. The molecule has 0 radical (unpaired) electrons. The summed E-state index contributed by atoms with van der Waals surface area (Å²) in [5.41, 5.74) is -0.267. The largest absolute Gasteiger partial charge is 0.452 e. The van der Waals surface area contributed by atoms with Crippen molar-refractivity contribution in [3.63, 3.8) is 0 Å². The molecule has 0 unspecified atom stereocenters. The number of hydrogen-bond acceptors (Lipinski definition) is 2. The average Bonchev–Trinajstić information content (AvgIpc) is 2.95. The van der Waals surface area contributed by atoms with Crippen LogP contribution in [-0.4, -0.2) is 14.6 Å². The molecule has 0 bridgehead atoms. The van der Waals surface area contributed by atoms with Gasteiger partial charge < -0.3 is 0 Å². The van der Waals surface area contributed by atoms with Crippen LogP contribution in [0, 0.1) is 11.8 Å². The molecule has 2 aromatic heterocycles. The highest BCUT2D eigenvalue weighted by Gasteiger charge is 2.36. The highest BCUT2D eigenvalue weighted by Crippen LogP contribution is 2.29. The molecule has 0 saturated heterocycles. The van der Waals surface area contributed by atoms with Gasteiger partial charge in [-0.3, -0.25) is 4.40 Å². The zero-order valence-electron chi connectivity index (χ0n) is 12.2. The minimum atomic E-state index is -4.67. The highest BCUT2D eigenvalue weighted by atomic mass is 19.4. The van der Waals surface area contributed by atoms with Crippen LogP contribution in [0.2, 0.25) is 0 Å². The van der Waals surface area contributed by atoms with E-state index in [-0.39, 0.29) is 11.2 Å². The topological polar surface area (TPSA) is 30.2 Å². The van der Waals surface area contributed by atoms with E-state index in [1.807, 2.05) is 0 Å². The van der Waals surface area contributed by atoms with Crippen LogP contribution in [0.5, 0.6) is 0 Å². The standard InChI is InChI=1S/C16H7F6N3/c17-15(18,19)12-6-3-10(4-7-12)1-2-11-5-8-13-23-24-14(16(20,21)22)25(13)9-11/h3-9H. The average molecular weight is 355 g/mol. The number of nitrogens with zero attached hydrogens (tertiary/aromatic N) is 3. The zero-order valence-corrected chi connectivity index (χ0v) is 12.2. The molecule has 0 aliphatic rings. The third-order valence-corrected chi connectivity index (χ3v) is 3.22. The Balaban J connectivity index is 1.93. The summed E-state index contributed by atoms with van der Waals surface area (Å²) < 4.78 is 76.6. The van der Waals surface area contributed by atoms with Crippen LogP contribution in [-0.2, 0) is 12.4 Å². The van der Waals surface area contributed by atoms with Gasteiger partial charge in [0.05, 0.1) is 5.56 Å². The van der Waals surface area contributed by atoms with E-state index >= 15 is 0 Å². The van der Waals surface area contributed by atoms with Gasteiger partial charge in [-0.05, 0) is 36.4 Å². The summed E-state index contributed by atoms with van der Waals surface area (Å²) in [6.07, 6.45) is -7.99. The Hall–Kier alpha value is -3.02. The Morgan fingerprint density at radius 1 is 0.720 bits per heavy atom. The molecule has 0 aliphatic heterocycles. The molecule has 3 nitrogen and oxygen atoms in total. The van der Waals surface area contributed by atoms with Crippen molar-refractivity contribution < 1.29 is 26.3 Å². The van der Waals surface area contributed by atoms with Gasteiger partial charge in [0.25, 0.3) is 0 Å². The maximum atomic E-state index is 12.8. The van der Waals surface area contributed by atoms with Gasteiger partial charge in [0.1, 0.15) is 0 Å². The minimum Gasteiger partial charge on any atom is -0.278 e. The van der Waals surface area contributed by atoms with E-state index in [1.54, 1.807) is 0 Å². The summed E-state index contributed by atoms with van der Waals surface area (Å²) in [6, 6.07) is 6.91. The number of aromatic nitrogens is 3. The molecule has 9 heteroatoms. The van der Waals surface area contributed by atoms with Crippen LogP contribution in [0.15, 0.2) is 42.6 Å². The number of pyridine rings is 1. The van der Waals surface area contributed by atoms with Gasteiger partial charge >= 0.3 is 12.4 Å². The maximum absolute atomic E-state index is 12.8. The molecule has 0 saturated carbocycles. The van der Waals surface area contributed by atoms with Gasteiger partial charge in [0.2, 0.25) is 5.82 Å². The molecule has 0 fully saturated rings. The fourth-order valence-corrected chi connectivity index (χ4v) is 2.04. The molecule has 128 valence electrons. The maximum Gasteiger partial charge on any atom is 0.452 e. The summed E-state index contributed by atoms with van der Waals surface area (Å²) in [4.78, 5) is 0. The first kappa shape index (κ1) is 16.8. The van der Waals surface area contributed by atoms with E-state index < -0.39 is 23.7 Å². The second-order valence-electron chi connectivity index (χ2n) is 4.99. The fraction of sp³-hybridized carbons (Fsp3) is 0.125. The molecule has 0 amide bonds. The summed E-state index contributed by atoms with van der Waals surface area (Å²) in [5, 5.41) is 6.51. The van der Waals surface area contributed by atoms with Gasteiger partial charge in [0, 0.05) is 17.3 Å². The summed E-state index contributed by atoms with van der Waals surface area (Å²) in [7, 11) is 0. The Kier molecular flexibility index (Phi) is 3.91. The lowest BCUT2D eigenvalue weighted by Gasteiger charge is -2.05. The summed E-state index contributed by atoms with van der Waals surface area (Å²) in [5.74, 6) is 4.03. The van der Waals surface area contributed by atoms with Crippen molar-refractivity contribution in [3.8, 4) is 11.8 Å². The van der Waals surface area contributed by atoms with Crippen molar-refractivity contribution in [3.05, 3.63) is 65.1 Å². The van der Waals surface area contributed by atoms with Gasteiger partial charge in [-0.15, -0.1) is 10.2 Å². The van der Waals surface area contributed by atoms with Crippen LogP contribution < -0.4 is 0 Å². The first-order chi connectivity index (χ1) is 11.6. The SMILES string of the molecule is FC(F)(F)c1ccc(C#Cc2ccc3nnc(C(F)(F)F)n3c2)cc1. The van der Waals surface area contributed by atoms with Crippen molar-refractivity contribution in [1.82, 2.24) is 14.6 Å². The van der Waals surface area contributed by atoms with Crippen LogP contribution in [0.25, 0.3) is 5.65 Å². The Bertz CT molecular complexity index is 971. The van der Waals surface area contributed by atoms with E-state index in [4.69, 9.17) is 0 Å². The molecule has 0 N–H and O–H groups in total. The van der Waals surface area contributed by atoms with E-state index in [2.05, 4.69) is 22.0 Å². The number of rotatable bonds is 0. The molecule has 0 spiro atoms. The van der Waals surface area contributed by atoms with Gasteiger partial charge in [-0.25, -0.2) is 0 Å². The van der Waals surface area contributed by atoms with Crippen molar-refractivity contribution in [2.75, 3.05) is 0 Å². The van der Waals surface area contributed by atoms with E-state index in [9.17, 15) is 26.3 Å². The Labute approximate surface area is 136 Å². The molecule has 1 aromatic carbocycles. The molecule has 0 atom stereocenters. The third-order valence-electron chi connectivity index (χ3n) is 3.22. The molecule has 2 heterocycles. The molecule has 0 aliphatic carbocycles. The van der Waals surface area contributed by atoms with E-state index in [0.29, 0.717) is 5.56 Å². The normalized spacial score (nSPS) is 12.1. The van der Waals surface area contributed by atoms with Gasteiger partial charge in [0.15, 0.2) is 5.65 Å².